The van der Waals surface area contributed by atoms with Gasteiger partial charge in [-0.1, -0.05) is 28.1 Å². The van der Waals surface area contributed by atoms with Crippen LogP contribution in [0.3, 0.4) is 0 Å². The van der Waals surface area contributed by atoms with Crippen molar-refractivity contribution in [2.75, 3.05) is 0 Å². The summed E-state index contributed by atoms with van der Waals surface area (Å²) < 4.78 is 40.3. The quantitative estimate of drug-likeness (QED) is 0.736. The van der Waals surface area contributed by atoms with Crippen LogP contribution in [0, 0.1) is 5.92 Å². The van der Waals surface area contributed by atoms with Gasteiger partial charge in [0.15, 0.2) is 0 Å². The number of halogens is 4. The zero-order valence-corrected chi connectivity index (χ0v) is 12.8. The molecule has 1 fully saturated rings. The number of carbonyl (C=O) groups is 2. The van der Waals surface area contributed by atoms with Crippen LogP contribution in [-0.4, -0.2) is 28.8 Å². The third-order valence-electron chi connectivity index (χ3n) is 3.47. The van der Waals surface area contributed by atoms with Crippen LogP contribution in [0.5, 0.6) is 0 Å². The molecule has 2 amide bonds. The van der Waals surface area contributed by atoms with Crippen molar-refractivity contribution in [1.29, 1.82) is 0 Å². The first kappa shape index (κ1) is 16.8. The molecule has 120 valence electrons. The minimum Gasteiger partial charge on any atom is -0.363 e. The second-order valence-electron chi connectivity index (χ2n) is 4.98. The van der Waals surface area contributed by atoms with E-state index < -0.39 is 35.7 Å². The van der Waals surface area contributed by atoms with Gasteiger partial charge in [0, 0.05) is 4.47 Å². The van der Waals surface area contributed by atoms with Crippen LogP contribution in [0.1, 0.15) is 18.5 Å². The maximum absolute atomic E-state index is 13.2. The molecule has 5 nitrogen and oxygen atoms in total. The molecule has 3 N–H and O–H groups in total. The summed E-state index contributed by atoms with van der Waals surface area (Å²) in [5.41, 5.74) is -3.35. The fourth-order valence-electron chi connectivity index (χ4n) is 2.47. The number of nitrogens with one attached hydrogen (secondary N) is 2. The summed E-state index contributed by atoms with van der Waals surface area (Å²) in [5, 5.41) is 13.7. The van der Waals surface area contributed by atoms with Gasteiger partial charge in [0.2, 0.25) is 5.72 Å². The van der Waals surface area contributed by atoms with Crippen LogP contribution in [0.2, 0.25) is 0 Å². The molecular weight excluding hydrogens is 369 g/mol. The molecule has 0 bridgehead atoms. The van der Waals surface area contributed by atoms with Gasteiger partial charge in [-0.05, 0) is 24.6 Å². The van der Waals surface area contributed by atoms with Gasteiger partial charge in [0.1, 0.15) is 5.78 Å². The lowest BCUT2D eigenvalue weighted by Gasteiger charge is -2.44. The molecule has 1 aliphatic heterocycles. The number of carbonyl (C=O) groups excluding carboxylic acids is 2. The molecule has 1 heterocycles. The van der Waals surface area contributed by atoms with Crippen molar-refractivity contribution in [2.24, 2.45) is 5.92 Å². The predicted molar refractivity (Wildman–Crippen MR) is 73.7 cm³/mol. The van der Waals surface area contributed by atoms with Gasteiger partial charge in [-0.3, -0.25) is 4.79 Å². The van der Waals surface area contributed by atoms with Gasteiger partial charge in [-0.25, -0.2) is 4.79 Å². The largest absolute Gasteiger partial charge is 0.437 e. The van der Waals surface area contributed by atoms with Crippen LogP contribution in [0.15, 0.2) is 28.7 Å². The number of amides is 2. The van der Waals surface area contributed by atoms with Gasteiger partial charge in [0.05, 0.1) is 12.0 Å². The molecule has 1 aliphatic rings. The zero-order chi connectivity index (χ0) is 16.7. The van der Waals surface area contributed by atoms with Crippen LogP contribution >= 0.6 is 15.9 Å². The van der Waals surface area contributed by atoms with E-state index in [4.69, 9.17) is 0 Å². The number of aliphatic hydroxyl groups is 1. The molecule has 22 heavy (non-hydrogen) atoms. The van der Waals surface area contributed by atoms with Crippen molar-refractivity contribution >= 4 is 27.7 Å². The number of Topliss-reactive ketones (excluding diaryl/α,β-unsaturated/α-hetero) is 1. The van der Waals surface area contributed by atoms with E-state index in [1.54, 1.807) is 12.1 Å². The van der Waals surface area contributed by atoms with Crippen LogP contribution in [0.4, 0.5) is 18.0 Å². The number of alkyl halides is 3. The maximum Gasteiger partial charge on any atom is 0.437 e. The fraction of sp³-hybridized carbons (Fsp3) is 0.385. The van der Waals surface area contributed by atoms with Crippen molar-refractivity contribution in [2.45, 2.75) is 24.9 Å². The highest BCUT2D eigenvalue weighted by molar-refractivity contribution is 9.10. The molecule has 2 rings (SSSR count). The highest BCUT2D eigenvalue weighted by Gasteiger charge is 2.65. The average Bonchev–Trinajstić information content (AvgIpc) is 2.36. The zero-order valence-electron chi connectivity index (χ0n) is 11.2. The molecule has 0 unspecified atom stereocenters. The van der Waals surface area contributed by atoms with Crippen molar-refractivity contribution in [3.05, 3.63) is 34.3 Å². The van der Waals surface area contributed by atoms with Crippen molar-refractivity contribution in [1.82, 2.24) is 10.6 Å². The van der Waals surface area contributed by atoms with E-state index in [0.29, 0.717) is 4.47 Å². The Bertz CT molecular complexity index is 606. The van der Waals surface area contributed by atoms with Gasteiger partial charge in [-0.15, -0.1) is 0 Å². The molecule has 1 aromatic carbocycles. The first-order valence-corrected chi connectivity index (χ1v) is 6.99. The van der Waals surface area contributed by atoms with E-state index in [9.17, 15) is 27.9 Å². The normalized spacial score (nSPS) is 28.7. The standard InChI is InChI=1S/C13H12BrF3N2O3/c1-6(20)9-10(7-2-4-8(14)5-3-7)18-11(21)19-12(9,22)13(15,16)17/h2-5,9-10,22H,1H3,(H2,18,19,21)/t9-,10-,12+/m1/s1. The molecule has 0 aromatic heterocycles. The second-order valence-corrected chi connectivity index (χ2v) is 5.90. The second kappa shape index (κ2) is 5.54. The Morgan fingerprint density at radius 2 is 1.86 bits per heavy atom. The summed E-state index contributed by atoms with van der Waals surface area (Å²) in [6, 6.07) is 3.55. The predicted octanol–water partition coefficient (Wildman–Crippen LogP) is 2.26. The van der Waals surface area contributed by atoms with Crippen LogP contribution in [0.25, 0.3) is 0 Å². The molecule has 0 aliphatic carbocycles. The summed E-state index contributed by atoms with van der Waals surface area (Å²) in [6.45, 7) is 0.937. The summed E-state index contributed by atoms with van der Waals surface area (Å²) in [7, 11) is 0. The summed E-state index contributed by atoms with van der Waals surface area (Å²) >= 11 is 3.18. The molecule has 3 atom stereocenters. The molecule has 0 spiro atoms. The van der Waals surface area contributed by atoms with E-state index >= 15 is 0 Å². The fourth-order valence-corrected chi connectivity index (χ4v) is 2.74. The Labute approximate surface area is 132 Å². The Balaban J connectivity index is 2.54. The minimum absolute atomic E-state index is 0.279. The third kappa shape index (κ3) is 2.82. The van der Waals surface area contributed by atoms with Gasteiger partial charge < -0.3 is 15.7 Å². The number of rotatable bonds is 2. The van der Waals surface area contributed by atoms with Crippen molar-refractivity contribution in [3.63, 3.8) is 0 Å². The highest BCUT2D eigenvalue weighted by Crippen LogP contribution is 2.42. The molecule has 9 heteroatoms. The Morgan fingerprint density at radius 3 is 2.32 bits per heavy atom. The summed E-state index contributed by atoms with van der Waals surface area (Å²) in [4.78, 5) is 23.3. The minimum atomic E-state index is -5.20. The van der Waals surface area contributed by atoms with E-state index in [1.807, 2.05) is 0 Å². The molecular formula is C13H12BrF3N2O3. The number of hydrogen-bond donors (Lipinski definition) is 3. The maximum atomic E-state index is 13.2. The van der Waals surface area contributed by atoms with Crippen molar-refractivity contribution in [3.8, 4) is 0 Å². The highest BCUT2D eigenvalue weighted by atomic mass is 79.9. The van der Waals surface area contributed by atoms with Crippen LogP contribution < -0.4 is 10.6 Å². The first-order chi connectivity index (χ1) is 10.1. The Kier molecular flexibility index (Phi) is 4.22. The lowest BCUT2D eigenvalue weighted by Crippen LogP contribution is -2.72. The Morgan fingerprint density at radius 1 is 1.32 bits per heavy atom. The van der Waals surface area contributed by atoms with E-state index in [-0.39, 0.29) is 5.56 Å². The summed E-state index contributed by atoms with van der Waals surface area (Å²) in [5.74, 6) is -2.81. The van der Waals surface area contributed by atoms with Crippen LogP contribution in [-0.2, 0) is 4.79 Å². The third-order valence-corrected chi connectivity index (χ3v) is 4.00. The SMILES string of the molecule is CC(=O)[C@@H]1[C@@H](c2ccc(Br)cc2)NC(=O)N[C@@]1(O)C(F)(F)F. The number of benzene rings is 1. The number of urea groups is 1. The molecule has 0 saturated carbocycles. The van der Waals surface area contributed by atoms with E-state index in [2.05, 4.69) is 21.2 Å². The molecule has 0 radical (unpaired) electrons. The molecule has 1 saturated heterocycles. The van der Waals surface area contributed by atoms with Gasteiger partial charge in [0.25, 0.3) is 0 Å². The molecule has 1 aromatic rings. The van der Waals surface area contributed by atoms with Gasteiger partial charge >= 0.3 is 12.2 Å². The monoisotopic (exact) mass is 380 g/mol. The first-order valence-electron chi connectivity index (χ1n) is 6.20. The van der Waals surface area contributed by atoms with Gasteiger partial charge in [-0.2, -0.15) is 13.2 Å². The Hall–Kier alpha value is -1.61. The van der Waals surface area contributed by atoms with E-state index in [1.165, 1.54) is 17.4 Å². The lowest BCUT2D eigenvalue weighted by atomic mass is 9.79. The summed E-state index contributed by atoms with van der Waals surface area (Å²) in [6.07, 6.45) is -5.20. The lowest BCUT2D eigenvalue weighted by molar-refractivity contribution is -0.290. The average molecular weight is 381 g/mol. The topological polar surface area (TPSA) is 78.4 Å². The van der Waals surface area contributed by atoms with E-state index in [0.717, 1.165) is 6.92 Å². The number of ketones is 1. The van der Waals surface area contributed by atoms with Crippen molar-refractivity contribution < 1.29 is 27.9 Å². The smallest absolute Gasteiger partial charge is 0.363 e. The number of hydrogen-bond acceptors (Lipinski definition) is 3.